The third kappa shape index (κ3) is 2.59. The SMILES string of the molecule is C=CCC(N)C(=O)N1C(C)CCC1CC. The molecule has 1 aliphatic heterocycles. The van der Waals surface area contributed by atoms with Crippen LogP contribution in [0, 0.1) is 0 Å². The minimum absolute atomic E-state index is 0.0896. The molecule has 3 unspecified atom stereocenters. The Morgan fingerprint density at radius 1 is 1.67 bits per heavy atom. The van der Waals surface area contributed by atoms with Crippen LogP contribution in [0.2, 0.25) is 0 Å². The lowest BCUT2D eigenvalue weighted by atomic mass is 10.1. The summed E-state index contributed by atoms with van der Waals surface area (Å²) in [5, 5.41) is 0. The zero-order valence-corrected chi connectivity index (χ0v) is 9.78. The quantitative estimate of drug-likeness (QED) is 0.718. The highest BCUT2D eigenvalue weighted by Gasteiger charge is 2.34. The fraction of sp³-hybridized carbons (Fsp3) is 0.750. The van der Waals surface area contributed by atoms with E-state index >= 15 is 0 Å². The standard InChI is InChI=1S/C12H22N2O/c1-4-6-11(13)12(15)14-9(3)7-8-10(14)5-2/h4,9-11H,1,5-8,13H2,2-3H3. The van der Waals surface area contributed by atoms with Crippen LogP contribution in [0.15, 0.2) is 12.7 Å². The van der Waals surface area contributed by atoms with Gasteiger partial charge in [0.2, 0.25) is 5.91 Å². The summed E-state index contributed by atoms with van der Waals surface area (Å²) in [6.07, 6.45) is 5.52. The minimum Gasteiger partial charge on any atom is -0.336 e. The van der Waals surface area contributed by atoms with Gasteiger partial charge in [0.1, 0.15) is 0 Å². The van der Waals surface area contributed by atoms with Gasteiger partial charge in [0, 0.05) is 12.1 Å². The number of hydrogen-bond acceptors (Lipinski definition) is 2. The topological polar surface area (TPSA) is 46.3 Å². The summed E-state index contributed by atoms with van der Waals surface area (Å²) in [5.41, 5.74) is 5.82. The van der Waals surface area contributed by atoms with Gasteiger partial charge in [-0.15, -0.1) is 6.58 Å². The van der Waals surface area contributed by atoms with Crippen molar-refractivity contribution in [2.24, 2.45) is 5.73 Å². The lowest BCUT2D eigenvalue weighted by Gasteiger charge is -2.30. The Morgan fingerprint density at radius 3 is 2.87 bits per heavy atom. The molecule has 0 spiro atoms. The number of carbonyl (C=O) groups excluding carboxylic acids is 1. The van der Waals surface area contributed by atoms with Gasteiger partial charge >= 0.3 is 0 Å². The highest BCUT2D eigenvalue weighted by atomic mass is 16.2. The maximum absolute atomic E-state index is 12.1. The predicted molar refractivity (Wildman–Crippen MR) is 62.4 cm³/mol. The van der Waals surface area contributed by atoms with Crippen molar-refractivity contribution in [1.82, 2.24) is 4.90 Å². The van der Waals surface area contributed by atoms with E-state index in [0.717, 1.165) is 19.3 Å². The van der Waals surface area contributed by atoms with Crippen molar-refractivity contribution in [3.8, 4) is 0 Å². The maximum Gasteiger partial charge on any atom is 0.240 e. The number of amides is 1. The highest BCUT2D eigenvalue weighted by molar-refractivity contribution is 5.82. The summed E-state index contributed by atoms with van der Waals surface area (Å²) in [5.74, 6) is 0.0896. The molecular weight excluding hydrogens is 188 g/mol. The summed E-state index contributed by atoms with van der Waals surface area (Å²) in [6.45, 7) is 7.85. The Kier molecular flexibility index (Phi) is 4.33. The Labute approximate surface area is 92.3 Å². The Balaban J connectivity index is 2.67. The van der Waals surface area contributed by atoms with Crippen LogP contribution < -0.4 is 5.73 Å². The lowest BCUT2D eigenvalue weighted by Crippen LogP contribution is -2.48. The monoisotopic (exact) mass is 210 g/mol. The fourth-order valence-corrected chi connectivity index (χ4v) is 2.34. The van der Waals surface area contributed by atoms with Gasteiger partial charge in [-0.05, 0) is 32.6 Å². The molecule has 1 saturated heterocycles. The van der Waals surface area contributed by atoms with E-state index in [1.54, 1.807) is 6.08 Å². The number of hydrogen-bond donors (Lipinski definition) is 1. The summed E-state index contributed by atoms with van der Waals surface area (Å²) in [6, 6.07) is 0.332. The van der Waals surface area contributed by atoms with E-state index in [1.165, 1.54) is 0 Å². The molecule has 3 nitrogen and oxygen atoms in total. The molecule has 0 aliphatic carbocycles. The molecular formula is C12H22N2O. The Hall–Kier alpha value is -0.830. The molecule has 0 radical (unpaired) electrons. The minimum atomic E-state index is -0.405. The lowest BCUT2D eigenvalue weighted by molar-refractivity contribution is -0.135. The number of nitrogens with two attached hydrogens (primary N) is 1. The molecule has 1 heterocycles. The molecule has 0 aromatic rings. The zero-order valence-electron chi connectivity index (χ0n) is 9.78. The first kappa shape index (κ1) is 12.2. The van der Waals surface area contributed by atoms with Crippen molar-refractivity contribution in [3.05, 3.63) is 12.7 Å². The largest absolute Gasteiger partial charge is 0.336 e. The van der Waals surface area contributed by atoms with E-state index in [4.69, 9.17) is 5.73 Å². The second-order valence-corrected chi connectivity index (χ2v) is 4.36. The van der Waals surface area contributed by atoms with E-state index in [1.807, 2.05) is 4.90 Å². The average molecular weight is 210 g/mol. The molecule has 2 N–H and O–H groups in total. The molecule has 1 rings (SSSR count). The average Bonchev–Trinajstić information content (AvgIpc) is 2.58. The van der Waals surface area contributed by atoms with Gasteiger partial charge in [-0.3, -0.25) is 4.79 Å². The van der Waals surface area contributed by atoms with Gasteiger partial charge in [-0.25, -0.2) is 0 Å². The van der Waals surface area contributed by atoms with Crippen molar-refractivity contribution >= 4 is 5.91 Å². The third-order valence-corrected chi connectivity index (χ3v) is 3.25. The third-order valence-electron chi connectivity index (χ3n) is 3.25. The van der Waals surface area contributed by atoms with Crippen LogP contribution in [0.3, 0.4) is 0 Å². The second kappa shape index (κ2) is 5.31. The molecule has 3 atom stereocenters. The van der Waals surface area contributed by atoms with Gasteiger partial charge in [0.05, 0.1) is 6.04 Å². The van der Waals surface area contributed by atoms with E-state index < -0.39 is 6.04 Å². The molecule has 0 saturated carbocycles. The van der Waals surface area contributed by atoms with Gasteiger partial charge in [-0.1, -0.05) is 13.0 Å². The first-order valence-electron chi connectivity index (χ1n) is 5.80. The maximum atomic E-state index is 12.1. The van der Waals surface area contributed by atoms with Crippen LogP contribution >= 0.6 is 0 Å². The molecule has 86 valence electrons. The van der Waals surface area contributed by atoms with Crippen LogP contribution in [0.4, 0.5) is 0 Å². The first-order valence-corrected chi connectivity index (χ1v) is 5.80. The van der Waals surface area contributed by atoms with Gasteiger partial charge < -0.3 is 10.6 Å². The molecule has 1 amide bonds. The summed E-state index contributed by atoms with van der Waals surface area (Å²) >= 11 is 0. The van der Waals surface area contributed by atoms with Crippen molar-refractivity contribution in [2.75, 3.05) is 0 Å². The van der Waals surface area contributed by atoms with Crippen molar-refractivity contribution in [1.29, 1.82) is 0 Å². The molecule has 0 aromatic heterocycles. The number of nitrogens with zero attached hydrogens (tertiary/aromatic N) is 1. The summed E-state index contributed by atoms with van der Waals surface area (Å²) in [4.78, 5) is 14.0. The summed E-state index contributed by atoms with van der Waals surface area (Å²) < 4.78 is 0. The normalized spacial score (nSPS) is 27.8. The van der Waals surface area contributed by atoms with E-state index in [2.05, 4.69) is 20.4 Å². The molecule has 3 heteroatoms. The molecule has 0 aromatic carbocycles. The van der Waals surface area contributed by atoms with Crippen molar-refractivity contribution in [2.45, 2.75) is 57.7 Å². The molecule has 0 bridgehead atoms. The van der Waals surface area contributed by atoms with Crippen LogP contribution in [-0.2, 0) is 4.79 Å². The van der Waals surface area contributed by atoms with Gasteiger partial charge in [0.15, 0.2) is 0 Å². The van der Waals surface area contributed by atoms with Crippen molar-refractivity contribution in [3.63, 3.8) is 0 Å². The van der Waals surface area contributed by atoms with Crippen LogP contribution in [0.5, 0.6) is 0 Å². The van der Waals surface area contributed by atoms with Crippen LogP contribution in [0.25, 0.3) is 0 Å². The van der Waals surface area contributed by atoms with E-state index in [9.17, 15) is 4.79 Å². The van der Waals surface area contributed by atoms with Crippen LogP contribution in [0.1, 0.15) is 39.5 Å². The smallest absolute Gasteiger partial charge is 0.240 e. The van der Waals surface area contributed by atoms with Crippen LogP contribution in [-0.4, -0.2) is 28.9 Å². The first-order chi connectivity index (χ1) is 7.11. The Bertz CT molecular complexity index is 240. The number of carbonyl (C=O) groups is 1. The van der Waals surface area contributed by atoms with Crippen molar-refractivity contribution < 1.29 is 4.79 Å². The van der Waals surface area contributed by atoms with E-state index in [0.29, 0.717) is 18.5 Å². The summed E-state index contributed by atoms with van der Waals surface area (Å²) in [7, 11) is 0. The molecule has 1 fully saturated rings. The Morgan fingerprint density at radius 2 is 2.33 bits per heavy atom. The molecule has 15 heavy (non-hydrogen) atoms. The number of rotatable bonds is 4. The van der Waals surface area contributed by atoms with Gasteiger partial charge in [0.25, 0.3) is 0 Å². The fourth-order valence-electron chi connectivity index (χ4n) is 2.34. The predicted octanol–water partition coefficient (Wildman–Crippen LogP) is 1.68. The zero-order chi connectivity index (χ0) is 11.4. The highest BCUT2D eigenvalue weighted by Crippen LogP contribution is 2.26. The number of likely N-dealkylation sites (tertiary alicyclic amines) is 1. The van der Waals surface area contributed by atoms with Gasteiger partial charge in [-0.2, -0.15) is 0 Å². The molecule has 1 aliphatic rings. The second-order valence-electron chi connectivity index (χ2n) is 4.36. The van der Waals surface area contributed by atoms with E-state index in [-0.39, 0.29) is 5.91 Å².